The predicted octanol–water partition coefficient (Wildman–Crippen LogP) is 3.99. The lowest BCUT2D eigenvalue weighted by Crippen LogP contribution is -2.41. The molecule has 1 aromatic carbocycles. The molecule has 0 unspecified atom stereocenters. The van der Waals surface area contributed by atoms with E-state index in [1.165, 1.54) is 17.0 Å². The third-order valence-corrected chi connectivity index (χ3v) is 7.74. The lowest BCUT2D eigenvalue weighted by atomic mass is 9.95. The first-order valence-electron chi connectivity index (χ1n) is 11.6. The number of hydrogen-bond acceptors (Lipinski definition) is 5. The van der Waals surface area contributed by atoms with Crippen molar-refractivity contribution in [2.75, 3.05) is 25.0 Å². The number of benzene rings is 1. The van der Waals surface area contributed by atoms with Gasteiger partial charge in [-0.05, 0) is 74.9 Å². The summed E-state index contributed by atoms with van der Waals surface area (Å²) in [5, 5.41) is 16.1. The fourth-order valence-electron chi connectivity index (χ4n) is 4.58. The molecule has 2 aromatic rings. The normalized spacial score (nSPS) is 16.6. The molecule has 0 atom stereocenters. The summed E-state index contributed by atoms with van der Waals surface area (Å²) in [4.78, 5) is 28.4. The Labute approximate surface area is 197 Å². The van der Waals surface area contributed by atoms with Gasteiger partial charge in [-0.2, -0.15) is 5.26 Å². The maximum atomic E-state index is 13.0. The lowest BCUT2D eigenvalue weighted by molar-refractivity contribution is -0.126. The number of anilines is 1. The summed E-state index contributed by atoms with van der Waals surface area (Å²) in [5.41, 5.74) is 2.65. The van der Waals surface area contributed by atoms with E-state index < -0.39 is 0 Å². The fraction of sp³-hybridized carbons (Fsp3) is 0.480. The number of amides is 2. The van der Waals surface area contributed by atoms with Crippen molar-refractivity contribution in [3.8, 4) is 6.07 Å². The molecule has 0 spiro atoms. The van der Waals surface area contributed by atoms with E-state index in [0.29, 0.717) is 30.1 Å². The minimum absolute atomic E-state index is 0.0300. The molecule has 1 fully saturated rings. The van der Waals surface area contributed by atoms with E-state index in [-0.39, 0.29) is 23.5 Å². The van der Waals surface area contributed by atoms with E-state index in [4.69, 9.17) is 0 Å². The van der Waals surface area contributed by atoms with Gasteiger partial charge in [0.05, 0.1) is 5.56 Å². The van der Waals surface area contributed by atoms with Crippen LogP contribution in [0.25, 0.3) is 0 Å². The number of hydrogen-bond donors (Lipinski definition) is 2. The zero-order valence-corrected chi connectivity index (χ0v) is 19.5. The molecule has 1 aromatic heterocycles. The van der Waals surface area contributed by atoms with Crippen molar-refractivity contribution >= 4 is 28.2 Å². The number of aryl methyl sites for hydroxylation is 1. The molecule has 2 aliphatic rings. The molecule has 0 bridgehead atoms. The Bertz CT molecular complexity index is 1040. The van der Waals surface area contributed by atoms with Crippen molar-refractivity contribution in [1.29, 1.82) is 5.26 Å². The van der Waals surface area contributed by atoms with Crippen LogP contribution in [0.2, 0.25) is 0 Å². The predicted molar refractivity (Wildman–Crippen MR) is 126 cm³/mol. The smallest absolute Gasteiger partial charge is 0.226 e. The fourth-order valence-corrected chi connectivity index (χ4v) is 5.83. The topological polar surface area (TPSA) is 85.2 Å². The molecular formula is C25H29FN4O2S. The molecule has 1 aliphatic heterocycles. The molecule has 174 valence electrons. The number of fused-ring (bicyclic) bond motifs is 1. The van der Waals surface area contributed by atoms with Gasteiger partial charge in [-0.25, -0.2) is 4.39 Å². The Balaban J connectivity index is 1.18. The number of nitrogens with one attached hydrogen (secondary N) is 2. The average molecular weight is 469 g/mol. The third kappa shape index (κ3) is 5.98. The van der Waals surface area contributed by atoms with Crippen molar-refractivity contribution in [2.45, 2.75) is 51.5 Å². The van der Waals surface area contributed by atoms with Crippen molar-refractivity contribution < 1.29 is 14.0 Å². The number of rotatable bonds is 7. The number of thiophene rings is 1. The standard InChI is InChI=1S/C25H29FN4O2S/c26-19-7-5-17(6-8-19)16-28-24(32)18-9-12-30(13-10-18)14-11-23(31)29-25-21(15-27)20-3-1-2-4-22(20)33-25/h5-8,18H,1-4,9-14,16H2,(H,28,32)(H,29,31). The summed E-state index contributed by atoms with van der Waals surface area (Å²) in [6.07, 6.45) is 6.06. The van der Waals surface area contributed by atoms with Gasteiger partial charge in [-0.15, -0.1) is 11.3 Å². The third-order valence-electron chi connectivity index (χ3n) is 6.53. The Morgan fingerprint density at radius 2 is 1.88 bits per heavy atom. The molecule has 2 heterocycles. The monoisotopic (exact) mass is 468 g/mol. The quantitative estimate of drug-likeness (QED) is 0.643. The number of likely N-dealkylation sites (tertiary alicyclic amines) is 1. The van der Waals surface area contributed by atoms with Crippen LogP contribution in [-0.4, -0.2) is 36.3 Å². The van der Waals surface area contributed by atoms with E-state index in [1.54, 1.807) is 23.5 Å². The molecule has 0 saturated carbocycles. The van der Waals surface area contributed by atoms with Crippen LogP contribution in [0.3, 0.4) is 0 Å². The highest BCUT2D eigenvalue weighted by Gasteiger charge is 2.26. The summed E-state index contributed by atoms with van der Waals surface area (Å²) >= 11 is 1.55. The first-order valence-corrected chi connectivity index (χ1v) is 12.4. The van der Waals surface area contributed by atoms with Gasteiger partial charge in [0.15, 0.2) is 0 Å². The second kappa shape index (κ2) is 10.9. The Morgan fingerprint density at radius 1 is 1.15 bits per heavy atom. The Morgan fingerprint density at radius 3 is 2.61 bits per heavy atom. The Hall–Kier alpha value is -2.76. The zero-order chi connectivity index (χ0) is 23.2. The maximum Gasteiger partial charge on any atom is 0.226 e. The number of carbonyl (C=O) groups is 2. The maximum absolute atomic E-state index is 13.0. The first kappa shape index (κ1) is 23.4. The Kier molecular flexibility index (Phi) is 7.73. The number of nitrogens with zero attached hydrogens (tertiary/aromatic N) is 2. The van der Waals surface area contributed by atoms with E-state index in [9.17, 15) is 19.2 Å². The SMILES string of the molecule is N#Cc1c(NC(=O)CCN2CCC(C(=O)NCc3ccc(F)cc3)CC2)sc2c1CCCC2. The number of piperidine rings is 1. The molecule has 0 radical (unpaired) electrons. The van der Waals surface area contributed by atoms with Crippen LogP contribution in [0.4, 0.5) is 9.39 Å². The summed E-state index contributed by atoms with van der Waals surface area (Å²) in [5.74, 6) is -0.357. The van der Waals surface area contributed by atoms with Crippen LogP contribution in [0.5, 0.6) is 0 Å². The van der Waals surface area contributed by atoms with Crippen LogP contribution >= 0.6 is 11.3 Å². The molecule has 4 rings (SSSR count). The van der Waals surface area contributed by atoms with Crippen LogP contribution in [0.1, 0.15) is 53.7 Å². The van der Waals surface area contributed by atoms with Gasteiger partial charge in [0, 0.05) is 30.3 Å². The van der Waals surface area contributed by atoms with Crippen LogP contribution in [-0.2, 0) is 29.0 Å². The zero-order valence-electron chi connectivity index (χ0n) is 18.7. The van der Waals surface area contributed by atoms with E-state index >= 15 is 0 Å². The number of carbonyl (C=O) groups excluding carboxylic acids is 2. The van der Waals surface area contributed by atoms with Gasteiger partial charge in [-0.3, -0.25) is 9.59 Å². The van der Waals surface area contributed by atoms with Crippen molar-refractivity contribution in [2.24, 2.45) is 5.92 Å². The summed E-state index contributed by atoms with van der Waals surface area (Å²) < 4.78 is 13.0. The van der Waals surface area contributed by atoms with E-state index in [2.05, 4.69) is 21.6 Å². The van der Waals surface area contributed by atoms with Crippen molar-refractivity contribution in [3.05, 3.63) is 51.7 Å². The van der Waals surface area contributed by atoms with E-state index in [1.807, 2.05) is 0 Å². The average Bonchev–Trinajstić information content (AvgIpc) is 3.19. The van der Waals surface area contributed by atoms with Crippen LogP contribution < -0.4 is 10.6 Å². The van der Waals surface area contributed by atoms with E-state index in [0.717, 1.165) is 62.7 Å². The molecule has 1 aliphatic carbocycles. The lowest BCUT2D eigenvalue weighted by Gasteiger charge is -2.31. The second-order valence-corrected chi connectivity index (χ2v) is 9.89. The molecule has 33 heavy (non-hydrogen) atoms. The highest BCUT2D eigenvalue weighted by Crippen LogP contribution is 2.37. The van der Waals surface area contributed by atoms with Crippen molar-refractivity contribution in [1.82, 2.24) is 10.2 Å². The van der Waals surface area contributed by atoms with Crippen LogP contribution in [0, 0.1) is 23.1 Å². The molecule has 2 N–H and O–H groups in total. The molecule has 8 heteroatoms. The van der Waals surface area contributed by atoms with Gasteiger partial charge in [0.25, 0.3) is 0 Å². The number of nitriles is 1. The first-order chi connectivity index (χ1) is 16.0. The minimum atomic E-state index is -0.286. The van der Waals surface area contributed by atoms with Gasteiger partial charge in [-0.1, -0.05) is 12.1 Å². The molecule has 1 saturated heterocycles. The van der Waals surface area contributed by atoms with Gasteiger partial charge >= 0.3 is 0 Å². The van der Waals surface area contributed by atoms with Gasteiger partial charge in [0.2, 0.25) is 11.8 Å². The largest absolute Gasteiger partial charge is 0.352 e. The van der Waals surface area contributed by atoms with Gasteiger partial charge < -0.3 is 15.5 Å². The number of halogens is 1. The molecule has 6 nitrogen and oxygen atoms in total. The van der Waals surface area contributed by atoms with Gasteiger partial charge in [0.1, 0.15) is 16.9 Å². The highest BCUT2D eigenvalue weighted by molar-refractivity contribution is 7.16. The van der Waals surface area contributed by atoms with Crippen LogP contribution in [0.15, 0.2) is 24.3 Å². The summed E-state index contributed by atoms with van der Waals surface area (Å²) in [7, 11) is 0. The minimum Gasteiger partial charge on any atom is -0.352 e. The summed E-state index contributed by atoms with van der Waals surface area (Å²) in [6, 6.07) is 8.42. The molecule has 2 amide bonds. The van der Waals surface area contributed by atoms with Crippen molar-refractivity contribution in [3.63, 3.8) is 0 Å². The second-order valence-electron chi connectivity index (χ2n) is 8.79. The summed E-state index contributed by atoms with van der Waals surface area (Å²) in [6.45, 7) is 2.59. The highest BCUT2D eigenvalue weighted by atomic mass is 32.1. The molecular weight excluding hydrogens is 439 g/mol.